The minimum Gasteiger partial charge on any atom is -0.334 e. The summed E-state index contributed by atoms with van der Waals surface area (Å²) in [4.78, 5) is 16.1. The van der Waals surface area contributed by atoms with Crippen molar-refractivity contribution in [3.8, 4) is 0 Å². The van der Waals surface area contributed by atoms with Crippen LogP contribution in [0.4, 0.5) is 36.8 Å². The molecule has 0 aliphatic carbocycles. The zero-order chi connectivity index (χ0) is 27.1. The molecule has 0 radical (unpaired) electrons. The van der Waals surface area contributed by atoms with Gasteiger partial charge in [-0.05, 0) is 47.5 Å². The predicted molar refractivity (Wildman–Crippen MR) is 128 cm³/mol. The normalized spacial score (nSPS) is 11.4. The largest absolute Gasteiger partial charge is 0.416 e. The van der Waals surface area contributed by atoms with Gasteiger partial charge in [0.05, 0.1) is 16.8 Å². The van der Waals surface area contributed by atoms with E-state index in [0.29, 0.717) is 16.8 Å². The molecule has 0 bridgehead atoms. The lowest BCUT2D eigenvalue weighted by Gasteiger charge is -2.11. The Morgan fingerprint density at radius 1 is 0.784 bits per heavy atom. The number of alkyl halides is 6. The van der Waals surface area contributed by atoms with Crippen molar-refractivity contribution in [1.29, 1.82) is 0 Å². The van der Waals surface area contributed by atoms with Crippen molar-refractivity contribution >= 4 is 22.5 Å². The molecule has 3 aromatic carbocycles. The van der Waals surface area contributed by atoms with Gasteiger partial charge in [-0.1, -0.05) is 36.4 Å². The Morgan fingerprint density at radius 2 is 1.35 bits per heavy atom. The van der Waals surface area contributed by atoms with Crippen LogP contribution in [0.3, 0.4) is 0 Å². The molecule has 37 heavy (non-hydrogen) atoms. The molecule has 4 aromatic rings. The number of urea groups is 1. The van der Waals surface area contributed by atoms with E-state index in [4.69, 9.17) is 5.73 Å². The van der Waals surface area contributed by atoms with E-state index in [0.717, 1.165) is 35.0 Å². The van der Waals surface area contributed by atoms with Crippen LogP contribution in [0.1, 0.15) is 22.3 Å². The Balaban J connectivity index is 0.000000266. The van der Waals surface area contributed by atoms with E-state index in [-0.39, 0.29) is 13.1 Å². The summed E-state index contributed by atoms with van der Waals surface area (Å²) >= 11 is 0. The van der Waals surface area contributed by atoms with Crippen LogP contribution < -0.4 is 16.4 Å². The molecule has 2 amide bonds. The van der Waals surface area contributed by atoms with Crippen molar-refractivity contribution in [2.24, 2.45) is 5.73 Å². The highest BCUT2D eigenvalue weighted by Crippen LogP contribution is 2.30. The Kier molecular flexibility index (Phi) is 8.72. The van der Waals surface area contributed by atoms with Crippen LogP contribution in [-0.2, 0) is 25.4 Å². The number of nitrogens with zero attached hydrogens (tertiary/aromatic N) is 1. The third kappa shape index (κ3) is 7.94. The number of carbonyl (C=O) groups is 1. The summed E-state index contributed by atoms with van der Waals surface area (Å²) in [5, 5.41) is 7.10. The van der Waals surface area contributed by atoms with Crippen molar-refractivity contribution in [2.45, 2.75) is 25.4 Å². The number of pyridine rings is 1. The summed E-state index contributed by atoms with van der Waals surface area (Å²) in [6, 6.07) is 16.3. The topological polar surface area (TPSA) is 80.0 Å². The Bertz CT molecular complexity index is 1310. The average Bonchev–Trinajstić information content (AvgIpc) is 2.87. The van der Waals surface area contributed by atoms with E-state index in [1.54, 1.807) is 30.6 Å². The summed E-state index contributed by atoms with van der Waals surface area (Å²) < 4.78 is 73.5. The fourth-order valence-electron chi connectivity index (χ4n) is 3.22. The van der Waals surface area contributed by atoms with Gasteiger partial charge in [0.15, 0.2) is 0 Å². The van der Waals surface area contributed by atoms with Crippen LogP contribution in [0, 0.1) is 0 Å². The molecule has 1 aromatic heterocycles. The first-order valence-corrected chi connectivity index (χ1v) is 10.9. The monoisotopic (exact) mass is 520 g/mol. The third-order valence-electron chi connectivity index (χ3n) is 5.18. The SMILES string of the molecule is NCc1ccc(C(F)(F)F)cc1.O=C(NCc1ccc(C(F)(F)F)cc1)Nc1cccc2cnccc12. The van der Waals surface area contributed by atoms with Crippen molar-refractivity contribution in [2.75, 3.05) is 5.32 Å². The molecule has 5 nitrogen and oxygen atoms in total. The molecule has 0 saturated heterocycles. The number of halogens is 6. The molecule has 0 spiro atoms. The Labute approximate surface area is 208 Å². The number of rotatable bonds is 4. The van der Waals surface area contributed by atoms with Crippen molar-refractivity contribution in [3.63, 3.8) is 0 Å². The molecule has 0 aliphatic heterocycles. The second-order valence-electron chi connectivity index (χ2n) is 7.80. The predicted octanol–water partition coefficient (Wildman–Crippen LogP) is 6.74. The van der Waals surface area contributed by atoms with E-state index in [1.807, 2.05) is 6.07 Å². The highest BCUT2D eigenvalue weighted by atomic mass is 19.4. The minimum atomic E-state index is -4.37. The molecule has 0 fully saturated rings. The lowest BCUT2D eigenvalue weighted by atomic mass is 10.1. The quantitative estimate of drug-likeness (QED) is 0.261. The molecular weight excluding hydrogens is 498 g/mol. The molecular formula is C26H22F6N4O. The number of anilines is 1. The summed E-state index contributed by atoms with van der Waals surface area (Å²) in [5.74, 6) is 0. The Morgan fingerprint density at radius 3 is 1.89 bits per heavy atom. The van der Waals surface area contributed by atoms with Gasteiger partial charge < -0.3 is 16.4 Å². The van der Waals surface area contributed by atoms with Crippen LogP contribution in [-0.4, -0.2) is 11.0 Å². The second kappa shape index (κ2) is 11.7. The maximum atomic E-state index is 12.5. The number of hydrogen-bond acceptors (Lipinski definition) is 3. The zero-order valence-corrected chi connectivity index (χ0v) is 19.2. The highest BCUT2D eigenvalue weighted by molar-refractivity contribution is 6.01. The van der Waals surface area contributed by atoms with Gasteiger partial charge in [0.25, 0.3) is 0 Å². The molecule has 4 N–H and O–H groups in total. The standard InChI is InChI=1S/C18H14F3N3O.C8H8F3N/c19-18(20,21)14-6-4-12(5-7-14)10-23-17(25)24-16-3-1-2-13-11-22-9-8-15(13)16;9-8(10,11)7-3-1-6(5-12)2-4-7/h1-9,11H,10H2,(H2,23,24,25);1-4H,5,12H2. The number of nitrogens with one attached hydrogen (secondary N) is 2. The van der Waals surface area contributed by atoms with Gasteiger partial charge in [-0.25, -0.2) is 4.79 Å². The summed E-state index contributed by atoms with van der Waals surface area (Å²) in [7, 11) is 0. The van der Waals surface area contributed by atoms with E-state index in [1.165, 1.54) is 24.3 Å². The maximum Gasteiger partial charge on any atom is 0.416 e. The number of amides is 2. The number of fused-ring (bicyclic) bond motifs is 1. The van der Waals surface area contributed by atoms with Crippen LogP contribution in [0.25, 0.3) is 10.8 Å². The number of carbonyl (C=O) groups excluding carboxylic acids is 1. The second-order valence-corrected chi connectivity index (χ2v) is 7.80. The maximum absolute atomic E-state index is 12.5. The van der Waals surface area contributed by atoms with Gasteiger partial charge in [0, 0.05) is 36.3 Å². The van der Waals surface area contributed by atoms with Gasteiger partial charge in [-0.15, -0.1) is 0 Å². The van der Waals surface area contributed by atoms with Gasteiger partial charge in [0.2, 0.25) is 0 Å². The first-order valence-electron chi connectivity index (χ1n) is 10.9. The van der Waals surface area contributed by atoms with Gasteiger partial charge >= 0.3 is 18.4 Å². The molecule has 1 heterocycles. The molecule has 11 heteroatoms. The fourth-order valence-corrected chi connectivity index (χ4v) is 3.22. The lowest BCUT2D eigenvalue weighted by molar-refractivity contribution is -0.138. The summed E-state index contributed by atoms with van der Waals surface area (Å²) in [6.45, 7) is 0.383. The highest BCUT2D eigenvalue weighted by Gasteiger charge is 2.30. The van der Waals surface area contributed by atoms with Crippen molar-refractivity contribution in [3.05, 3.63) is 107 Å². The lowest BCUT2D eigenvalue weighted by Crippen LogP contribution is -2.28. The molecule has 0 unspecified atom stereocenters. The van der Waals surface area contributed by atoms with Crippen LogP contribution in [0.5, 0.6) is 0 Å². The number of hydrogen-bond donors (Lipinski definition) is 3. The molecule has 4 rings (SSSR count). The van der Waals surface area contributed by atoms with Crippen LogP contribution in [0.2, 0.25) is 0 Å². The molecule has 0 aliphatic rings. The molecule has 0 saturated carbocycles. The smallest absolute Gasteiger partial charge is 0.334 e. The number of aromatic nitrogens is 1. The van der Waals surface area contributed by atoms with Gasteiger partial charge in [-0.2, -0.15) is 26.3 Å². The number of nitrogens with two attached hydrogens (primary N) is 1. The first kappa shape index (κ1) is 27.5. The number of benzene rings is 3. The fraction of sp³-hybridized carbons (Fsp3) is 0.154. The van der Waals surface area contributed by atoms with E-state index in [2.05, 4.69) is 15.6 Å². The van der Waals surface area contributed by atoms with Crippen LogP contribution in [0.15, 0.2) is 85.2 Å². The van der Waals surface area contributed by atoms with Crippen molar-refractivity contribution < 1.29 is 31.1 Å². The van der Waals surface area contributed by atoms with Gasteiger partial charge in [-0.3, -0.25) is 4.98 Å². The minimum absolute atomic E-state index is 0.121. The van der Waals surface area contributed by atoms with Crippen molar-refractivity contribution in [1.82, 2.24) is 10.3 Å². The summed E-state index contributed by atoms with van der Waals surface area (Å²) in [6.07, 6.45) is -5.30. The van der Waals surface area contributed by atoms with Crippen LogP contribution >= 0.6 is 0 Å². The van der Waals surface area contributed by atoms with Gasteiger partial charge in [0.1, 0.15) is 0 Å². The average molecular weight is 520 g/mol. The van der Waals surface area contributed by atoms with E-state index >= 15 is 0 Å². The summed E-state index contributed by atoms with van der Waals surface area (Å²) in [5.41, 5.74) is 5.77. The van der Waals surface area contributed by atoms with E-state index < -0.39 is 29.5 Å². The van der Waals surface area contributed by atoms with E-state index in [9.17, 15) is 31.1 Å². The molecule has 0 atom stereocenters. The molecule has 194 valence electrons. The Hall–Kier alpha value is -4.12. The zero-order valence-electron chi connectivity index (χ0n) is 19.2. The first-order chi connectivity index (χ1) is 17.5. The third-order valence-corrected chi connectivity index (χ3v) is 5.18.